The van der Waals surface area contributed by atoms with Crippen molar-refractivity contribution in [3.05, 3.63) is 0 Å². The Balaban J connectivity index is 2.15. The minimum Gasteiger partial charge on any atom is -0.242 e. The maximum atomic E-state index is 10.8. The van der Waals surface area contributed by atoms with Crippen LogP contribution in [0.1, 0.15) is 25.7 Å². The van der Waals surface area contributed by atoms with Gasteiger partial charge >= 0.3 is 10.4 Å². The third-order valence-electron chi connectivity index (χ3n) is 2.12. The lowest BCUT2D eigenvalue weighted by atomic mass is 9.95. The first-order valence-electron chi connectivity index (χ1n) is 3.79. The maximum Gasteiger partial charge on any atom is 0.400 e. The van der Waals surface area contributed by atoms with E-state index in [1.807, 2.05) is 0 Å². The van der Waals surface area contributed by atoms with Gasteiger partial charge in [-0.3, -0.25) is 0 Å². The summed E-state index contributed by atoms with van der Waals surface area (Å²) >= 11 is 0. The molecule has 1 saturated heterocycles. The summed E-state index contributed by atoms with van der Waals surface area (Å²) in [6, 6.07) is 0. The molecule has 11 heavy (non-hydrogen) atoms. The molecule has 0 unspecified atom stereocenters. The van der Waals surface area contributed by atoms with Gasteiger partial charge in [-0.15, -0.1) is 0 Å². The first-order chi connectivity index (χ1) is 5.17. The van der Waals surface area contributed by atoms with E-state index in [-0.39, 0.29) is 12.2 Å². The van der Waals surface area contributed by atoms with Crippen molar-refractivity contribution in [2.45, 2.75) is 37.9 Å². The van der Waals surface area contributed by atoms with Crippen molar-refractivity contribution in [1.29, 1.82) is 0 Å². The molecule has 1 aliphatic heterocycles. The van der Waals surface area contributed by atoms with Gasteiger partial charge in [0.25, 0.3) is 0 Å². The summed E-state index contributed by atoms with van der Waals surface area (Å²) in [6.07, 6.45) is 3.30. The second-order valence-corrected chi connectivity index (χ2v) is 4.16. The van der Waals surface area contributed by atoms with E-state index in [1.54, 1.807) is 0 Å². The average molecular weight is 178 g/mol. The van der Waals surface area contributed by atoms with Crippen molar-refractivity contribution in [2.75, 3.05) is 0 Å². The molecule has 5 heteroatoms. The smallest absolute Gasteiger partial charge is 0.242 e. The van der Waals surface area contributed by atoms with E-state index in [2.05, 4.69) is 0 Å². The van der Waals surface area contributed by atoms with Crippen LogP contribution in [0.3, 0.4) is 0 Å². The molecule has 0 radical (unpaired) electrons. The molecule has 0 N–H and O–H groups in total. The number of rotatable bonds is 0. The van der Waals surface area contributed by atoms with Gasteiger partial charge in [0.05, 0.1) is 0 Å². The van der Waals surface area contributed by atoms with Crippen LogP contribution in [-0.2, 0) is 18.8 Å². The Morgan fingerprint density at radius 1 is 1.00 bits per heavy atom. The van der Waals surface area contributed by atoms with Crippen molar-refractivity contribution < 1.29 is 16.8 Å². The molecule has 0 amide bonds. The van der Waals surface area contributed by atoms with E-state index < -0.39 is 10.4 Å². The van der Waals surface area contributed by atoms with Crippen LogP contribution in [0.4, 0.5) is 0 Å². The van der Waals surface area contributed by atoms with Crippen molar-refractivity contribution >= 4 is 10.4 Å². The van der Waals surface area contributed by atoms with Crippen LogP contribution in [-0.4, -0.2) is 20.6 Å². The van der Waals surface area contributed by atoms with E-state index in [1.165, 1.54) is 0 Å². The summed E-state index contributed by atoms with van der Waals surface area (Å²) in [5, 5.41) is 0. The highest BCUT2D eigenvalue weighted by molar-refractivity contribution is 7.82. The van der Waals surface area contributed by atoms with Gasteiger partial charge in [-0.1, -0.05) is 12.8 Å². The molecule has 64 valence electrons. The summed E-state index contributed by atoms with van der Waals surface area (Å²) in [5.41, 5.74) is 0. The van der Waals surface area contributed by atoms with Gasteiger partial charge in [-0.2, -0.15) is 8.42 Å². The summed E-state index contributed by atoms with van der Waals surface area (Å²) in [6.45, 7) is 0. The molecular formula is C6H10O4S. The van der Waals surface area contributed by atoms with E-state index >= 15 is 0 Å². The molecule has 0 aromatic heterocycles. The van der Waals surface area contributed by atoms with Gasteiger partial charge in [-0.05, 0) is 12.8 Å². The fourth-order valence-corrected chi connectivity index (χ4v) is 2.70. The molecule has 1 heterocycles. The molecule has 1 saturated carbocycles. The van der Waals surface area contributed by atoms with Gasteiger partial charge in [0.1, 0.15) is 12.2 Å². The fraction of sp³-hybridized carbons (Fsp3) is 1.00. The summed E-state index contributed by atoms with van der Waals surface area (Å²) in [5.74, 6) is 0. The Morgan fingerprint density at radius 3 is 1.91 bits per heavy atom. The molecular weight excluding hydrogens is 168 g/mol. The topological polar surface area (TPSA) is 52.6 Å². The zero-order chi connectivity index (χ0) is 7.90. The number of fused-ring (bicyclic) bond motifs is 1. The highest BCUT2D eigenvalue weighted by atomic mass is 32.3. The minimum atomic E-state index is -3.63. The SMILES string of the molecule is O=S1(=O)O[C@H]2CCCC[C@H]2O1. The zero-order valence-electron chi connectivity index (χ0n) is 6.02. The van der Waals surface area contributed by atoms with Crippen molar-refractivity contribution in [3.63, 3.8) is 0 Å². The van der Waals surface area contributed by atoms with Crippen LogP contribution in [0.5, 0.6) is 0 Å². The van der Waals surface area contributed by atoms with E-state index in [4.69, 9.17) is 8.37 Å². The largest absolute Gasteiger partial charge is 0.400 e. The number of hydrogen-bond donors (Lipinski definition) is 0. The number of hydrogen-bond acceptors (Lipinski definition) is 4. The Bertz CT molecular complexity index is 225. The van der Waals surface area contributed by atoms with Crippen molar-refractivity contribution in [2.24, 2.45) is 0 Å². The first-order valence-corrected chi connectivity index (χ1v) is 5.12. The zero-order valence-corrected chi connectivity index (χ0v) is 6.84. The standard InChI is InChI=1S/C6H10O4S/c7-11(8)9-5-3-1-2-4-6(5)10-11/h5-6H,1-4H2/t5-,6+. The Morgan fingerprint density at radius 2 is 1.45 bits per heavy atom. The van der Waals surface area contributed by atoms with Gasteiger partial charge in [0.15, 0.2) is 0 Å². The van der Waals surface area contributed by atoms with Crippen LogP contribution in [0.2, 0.25) is 0 Å². The second-order valence-electron chi connectivity index (χ2n) is 2.96. The van der Waals surface area contributed by atoms with Crippen LogP contribution >= 0.6 is 0 Å². The van der Waals surface area contributed by atoms with Crippen LogP contribution in [0.25, 0.3) is 0 Å². The van der Waals surface area contributed by atoms with Gasteiger partial charge in [-0.25, -0.2) is 8.37 Å². The molecule has 0 aromatic carbocycles. The molecule has 0 aromatic rings. The second kappa shape index (κ2) is 2.43. The minimum absolute atomic E-state index is 0.200. The third kappa shape index (κ3) is 1.40. The maximum absolute atomic E-state index is 10.8. The lowest BCUT2D eigenvalue weighted by Crippen LogP contribution is -2.25. The van der Waals surface area contributed by atoms with Gasteiger partial charge < -0.3 is 0 Å². The molecule has 1 aliphatic carbocycles. The third-order valence-corrected chi connectivity index (χ3v) is 3.09. The van der Waals surface area contributed by atoms with Crippen LogP contribution in [0.15, 0.2) is 0 Å². The lowest BCUT2D eigenvalue weighted by molar-refractivity contribution is 0.110. The highest BCUT2D eigenvalue weighted by Crippen LogP contribution is 2.31. The Labute approximate surface area is 65.8 Å². The van der Waals surface area contributed by atoms with Gasteiger partial charge in [0.2, 0.25) is 0 Å². The summed E-state index contributed by atoms with van der Waals surface area (Å²) < 4.78 is 30.9. The van der Waals surface area contributed by atoms with Crippen LogP contribution < -0.4 is 0 Å². The van der Waals surface area contributed by atoms with Crippen molar-refractivity contribution in [1.82, 2.24) is 0 Å². The lowest BCUT2D eigenvalue weighted by Gasteiger charge is -2.19. The molecule has 2 aliphatic rings. The van der Waals surface area contributed by atoms with Gasteiger partial charge in [0, 0.05) is 0 Å². The average Bonchev–Trinajstić information content (AvgIpc) is 2.21. The summed E-state index contributed by atoms with van der Waals surface area (Å²) in [7, 11) is -3.63. The Hall–Kier alpha value is -0.130. The van der Waals surface area contributed by atoms with E-state index in [0.29, 0.717) is 0 Å². The van der Waals surface area contributed by atoms with E-state index in [0.717, 1.165) is 25.7 Å². The molecule has 4 nitrogen and oxygen atoms in total. The quantitative estimate of drug-likeness (QED) is 0.544. The molecule has 2 rings (SSSR count). The highest BCUT2D eigenvalue weighted by Gasteiger charge is 2.41. The predicted molar refractivity (Wildman–Crippen MR) is 37.1 cm³/mol. The van der Waals surface area contributed by atoms with E-state index in [9.17, 15) is 8.42 Å². The molecule has 0 spiro atoms. The molecule has 0 bridgehead atoms. The summed E-state index contributed by atoms with van der Waals surface area (Å²) in [4.78, 5) is 0. The molecule has 2 fully saturated rings. The molecule has 2 atom stereocenters. The monoisotopic (exact) mass is 178 g/mol. The van der Waals surface area contributed by atoms with Crippen molar-refractivity contribution in [3.8, 4) is 0 Å². The van der Waals surface area contributed by atoms with Crippen LogP contribution in [0, 0.1) is 0 Å². The Kier molecular flexibility index (Phi) is 1.66. The normalized spacial score (nSPS) is 41.8. The fourth-order valence-electron chi connectivity index (χ4n) is 1.61. The first kappa shape index (κ1) is 7.52. The predicted octanol–water partition coefficient (Wildman–Crippen LogP) is 0.589.